The van der Waals surface area contributed by atoms with Gasteiger partial charge in [-0.15, -0.1) is 0 Å². The zero-order valence-corrected chi connectivity index (χ0v) is 11.9. The van der Waals surface area contributed by atoms with Gasteiger partial charge in [-0.3, -0.25) is 9.69 Å². The number of hydrogen-bond donors (Lipinski definition) is 3. The molecule has 1 aromatic heterocycles. The number of carbonyl (C=O) groups excluding carboxylic acids is 1. The highest BCUT2D eigenvalue weighted by Crippen LogP contribution is 2.24. The van der Waals surface area contributed by atoms with Crippen LogP contribution in [0, 0.1) is 0 Å². The molecule has 1 atom stereocenters. The first-order valence-corrected chi connectivity index (χ1v) is 6.89. The average molecular weight is 325 g/mol. The van der Waals surface area contributed by atoms with E-state index in [1.807, 2.05) is 0 Å². The van der Waals surface area contributed by atoms with E-state index in [2.05, 4.69) is 15.6 Å². The molecule has 118 valence electrons. The summed E-state index contributed by atoms with van der Waals surface area (Å²) in [6.45, 7) is 1.13. The van der Waals surface area contributed by atoms with Crippen molar-refractivity contribution in [3.63, 3.8) is 0 Å². The second-order valence-electron chi connectivity index (χ2n) is 4.78. The second kappa shape index (κ2) is 6.67. The fraction of sp³-hybridized carbons (Fsp3) is 0.583. The van der Waals surface area contributed by atoms with E-state index in [4.69, 9.17) is 11.6 Å². The fourth-order valence-corrected chi connectivity index (χ4v) is 2.39. The normalized spacial score (nSPS) is 18.5. The number of aromatic amines is 1. The van der Waals surface area contributed by atoms with Crippen molar-refractivity contribution < 1.29 is 18.0 Å². The van der Waals surface area contributed by atoms with E-state index in [9.17, 15) is 18.0 Å². The van der Waals surface area contributed by atoms with Gasteiger partial charge in [0, 0.05) is 38.9 Å². The Morgan fingerprint density at radius 1 is 1.43 bits per heavy atom. The maximum Gasteiger partial charge on any atom is 0.405 e. The van der Waals surface area contributed by atoms with Gasteiger partial charge < -0.3 is 15.6 Å². The first kappa shape index (κ1) is 16.1. The first-order valence-electron chi connectivity index (χ1n) is 6.51. The second-order valence-corrected chi connectivity index (χ2v) is 5.22. The Hall–Kier alpha value is -1.25. The van der Waals surface area contributed by atoms with E-state index < -0.39 is 24.7 Å². The number of alkyl halides is 3. The summed E-state index contributed by atoms with van der Waals surface area (Å²) in [7, 11) is 0. The van der Waals surface area contributed by atoms with Crippen molar-refractivity contribution in [3.8, 4) is 0 Å². The van der Waals surface area contributed by atoms with E-state index in [1.54, 1.807) is 0 Å². The molecular formula is C12H16ClF3N4O. The molecule has 1 saturated heterocycles. The fourth-order valence-electron chi connectivity index (χ4n) is 2.23. The van der Waals surface area contributed by atoms with E-state index in [-0.39, 0.29) is 5.69 Å². The molecular weight excluding hydrogens is 309 g/mol. The maximum absolute atomic E-state index is 13.1. The highest BCUT2D eigenvalue weighted by Gasteiger charge is 2.43. The molecule has 3 N–H and O–H groups in total. The highest BCUT2D eigenvalue weighted by molar-refractivity contribution is 6.30. The monoisotopic (exact) mass is 324 g/mol. The van der Waals surface area contributed by atoms with Crippen LogP contribution < -0.4 is 10.6 Å². The van der Waals surface area contributed by atoms with Crippen LogP contribution in [0.25, 0.3) is 0 Å². The lowest BCUT2D eigenvalue weighted by Crippen LogP contribution is -2.57. The number of amides is 1. The third-order valence-electron chi connectivity index (χ3n) is 3.32. The minimum atomic E-state index is -4.39. The summed E-state index contributed by atoms with van der Waals surface area (Å²) in [4.78, 5) is 15.7. The number of halogens is 4. The van der Waals surface area contributed by atoms with Crippen molar-refractivity contribution in [2.45, 2.75) is 12.2 Å². The molecule has 0 aromatic carbocycles. The van der Waals surface area contributed by atoms with Gasteiger partial charge in [-0.25, -0.2) is 0 Å². The SMILES string of the molecule is O=C(NCC(N1CCNCC1)C(F)(F)F)c1cc(Cl)c[nH]1. The van der Waals surface area contributed by atoms with Crippen LogP contribution in [-0.4, -0.2) is 60.7 Å². The van der Waals surface area contributed by atoms with Crippen LogP contribution in [-0.2, 0) is 0 Å². The van der Waals surface area contributed by atoms with Gasteiger partial charge in [0.2, 0.25) is 0 Å². The van der Waals surface area contributed by atoms with Crippen molar-refractivity contribution in [1.29, 1.82) is 0 Å². The minimum absolute atomic E-state index is 0.140. The average Bonchev–Trinajstić information content (AvgIpc) is 2.85. The van der Waals surface area contributed by atoms with Crippen LogP contribution in [0.1, 0.15) is 10.5 Å². The smallest absolute Gasteiger partial charge is 0.356 e. The maximum atomic E-state index is 13.1. The Morgan fingerprint density at radius 3 is 2.62 bits per heavy atom. The third kappa shape index (κ3) is 4.36. The van der Waals surface area contributed by atoms with Gasteiger partial charge in [0.05, 0.1) is 5.02 Å². The van der Waals surface area contributed by atoms with Gasteiger partial charge in [-0.05, 0) is 6.07 Å². The zero-order valence-electron chi connectivity index (χ0n) is 11.1. The van der Waals surface area contributed by atoms with Gasteiger partial charge in [0.25, 0.3) is 5.91 Å². The lowest BCUT2D eigenvalue weighted by Gasteiger charge is -2.35. The number of nitrogens with zero attached hydrogens (tertiary/aromatic N) is 1. The molecule has 0 bridgehead atoms. The lowest BCUT2D eigenvalue weighted by molar-refractivity contribution is -0.183. The number of rotatable bonds is 4. The molecule has 1 aromatic rings. The van der Waals surface area contributed by atoms with Crippen molar-refractivity contribution in [1.82, 2.24) is 20.5 Å². The van der Waals surface area contributed by atoms with Crippen molar-refractivity contribution in [2.75, 3.05) is 32.7 Å². The summed E-state index contributed by atoms with van der Waals surface area (Å²) in [6, 6.07) is -0.321. The zero-order chi connectivity index (χ0) is 15.5. The van der Waals surface area contributed by atoms with Crippen molar-refractivity contribution >= 4 is 17.5 Å². The predicted octanol–water partition coefficient (Wildman–Crippen LogP) is 1.23. The lowest BCUT2D eigenvalue weighted by atomic mass is 10.2. The predicted molar refractivity (Wildman–Crippen MR) is 72.4 cm³/mol. The number of piperazine rings is 1. The summed E-state index contributed by atoms with van der Waals surface area (Å²) >= 11 is 5.66. The Bertz CT molecular complexity index is 485. The van der Waals surface area contributed by atoms with Crippen LogP contribution in [0.2, 0.25) is 5.02 Å². The van der Waals surface area contributed by atoms with E-state index in [0.29, 0.717) is 31.2 Å². The van der Waals surface area contributed by atoms with Crippen molar-refractivity contribution in [2.24, 2.45) is 0 Å². The number of nitrogens with one attached hydrogen (secondary N) is 3. The Labute approximate surface area is 124 Å². The number of aromatic nitrogens is 1. The van der Waals surface area contributed by atoms with Crippen LogP contribution >= 0.6 is 11.6 Å². The summed E-state index contributed by atoms with van der Waals surface area (Å²) in [5.41, 5.74) is 0.140. The number of hydrogen-bond acceptors (Lipinski definition) is 3. The molecule has 1 unspecified atom stereocenters. The van der Waals surface area contributed by atoms with E-state index in [1.165, 1.54) is 17.2 Å². The van der Waals surface area contributed by atoms with Gasteiger partial charge in [0.1, 0.15) is 11.7 Å². The molecule has 1 aliphatic rings. The molecule has 0 spiro atoms. The summed E-state index contributed by atoms with van der Waals surface area (Å²) in [5.74, 6) is -0.605. The summed E-state index contributed by atoms with van der Waals surface area (Å²) in [6.07, 6.45) is -2.99. The summed E-state index contributed by atoms with van der Waals surface area (Å²) in [5, 5.41) is 5.63. The molecule has 2 heterocycles. The third-order valence-corrected chi connectivity index (χ3v) is 3.54. The van der Waals surface area contributed by atoms with Crippen LogP contribution in [0.15, 0.2) is 12.3 Å². The Balaban J connectivity index is 1.97. The van der Waals surface area contributed by atoms with Crippen molar-refractivity contribution in [3.05, 3.63) is 23.0 Å². The standard InChI is InChI=1S/C12H16ClF3N4O/c13-8-5-9(18-6-8)11(21)19-7-10(12(14,15)16)20-3-1-17-2-4-20/h5-6,10,17-18H,1-4,7H2,(H,19,21). The molecule has 2 rings (SSSR count). The molecule has 9 heteroatoms. The molecule has 21 heavy (non-hydrogen) atoms. The first-order chi connectivity index (χ1) is 9.88. The quantitative estimate of drug-likeness (QED) is 0.781. The van der Waals surface area contributed by atoms with E-state index in [0.717, 1.165) is 0 Å². The Morgan fingerprint density at radius 2 is 2.10 bits per heavy atom. The van der Waals surface area contributed by atoms with Gasteiger partial charge >= 0.3 is 6.18 Å². The Kier molecular flexibility index (Phi) is 5.13. The molecule has 0 saturated carbocycles. The largest absolute Gasteiger partial charge is 0.405 e. The van der Waals surface area contributed by atoms with Crippen LogP contribution in [0.3, 0.4) is 0 Å². The molecule has 1 amide bonds. The minimum Gasteiger partial charge on any atom is -0.356 e. The number of H-pyrrole nitrogens is 1. The summed E-state index contributed by atoms with van der Waals surface area (Å²) < 4.78 is 39.4. The topological polar surface area (TPSA) is 60.2 Å². The molecule has 5 nitrogen and oxygen atoms in total. The molecule has 0 aliphatic carbocycles. The molecule has 0 radical (unpaired) electrons. The number of carbonyl (C=O) groups is 1. The van der Waals surface area contributed by atoms with Crippen LogP contribution in [0.4, 0.5) is 13.2 Å². The highest BCUT2D eigenvalue weighted by atomic mass is 35.5. The van der Waals surface area contributed by atoms with E-state index >= 15 is 0 Å². The van der Waals surface area contributed by atoms with Crippen LogP contribution in [0.5, 0.6) is 0 Å². The molecule has 1 fully saturated rings. The van der Waals surface area contributed by atoms with Gasteiger partial charge in [-0.1, -0.05) is 11.6 Å². The van der Waals surface area contributed by atoms with Gasteiger partial charge in [-0.2, -0.15) is 13.2 Å². The van der Waals surface area contributed by atoms with Gasteiger partial charge in [0.15, 0.2) is 0 Å². The molecule has 1 aliphatic heterocycles.